The molecule has 0 bridgehead atoms. The zero-order chi connectivity index (χ0) is 14.7. The molecule has 2 N–H and O–H groups in total. The standard InChI is InChI=1S/C17H26BrN3/c18-17-4-3-16(19)11-15(17)13-21-9-5-14(6-10-21)12-20-7-1-2-8-20/h3-4,11,14H,1-2,5-10,12-13,19H2. The highest BCUT2D eigenvalue weighted by molar-refractivity contribution is 9.10. The highest BCUT2D eigenvalue weighted by Gasteiger charge is 2.23. The van der Waals surface area contributed by atoms with Gasteiger partial charge in [0.25, 0.3) is 0 Å². The van der Waals surface area contributed by atoms with Crippen molar-refractivity contribution in [3.05, 3.63) is 28.2 Å². The first-order valence-electron chi connectivity index (χ1n) is 8.19. The van der Waals surface area contributed by atoms with Gasteiger partial charge in [0.05, 0.1) is 0 Å². The summed E-state index contributed by atoms with van der Waals surface area (Å²) >= 11 is 3.64. The molecule has 3 nitrogen and oxygen atoms in total. The molecule has 0 unspecified atom stereocenters. The molecule has 1 aromatic carbocycles. The van der Waals surface area contributed by atoms with Gasteiger partial charge in [-0.2, -0.15) is 0 Å². The van der Waals surface area contributed by atoms with Gasteiger partial charge in [0.1, 0.15) is 0 Å². The van der Waals surface area contributed by atoms with E-state index in [9.17, 15) is 0 Å². The van der Waals surface area contributed by atoms with Gasteiger partial charge in [-0.1, -0.05) is 15.9 Å². The Balaban J connectivity index is 1.48. The lowest BCUT2D eigenvalue weighted by molar-refractivity contribution is 0.148. The van der Waals surface area contributed by atoms with E-state index >= 15 is 0 Å². The summed E-state index contributed by atoms with van der Waals surface area (Å²) < 4.78 is 1.18. The van der Waals surface area contributed by atoms with Crippen LogP contribution in [0.2, 0.25) is 0 Å². The summed E-state index contributed by atoms with van der Waals surface area (Å²) in [6.07, 6.45) is 5.50. The molecule has 0 radical (unpaired) electrons. The molecule has 1 aromatic rings. The molecule has 0 amide bonds. The number of nitrogens with two attached hydrogens (primary N) is 1. The van der Waals surface area contributed by atoms with Crippen LogP contribution in [0.25, 0.3) is 0 Å². The predicted molar refractivity (Wildman–Crippen MR) is 92.2 cm³/mol. The number of likely N-dealkylation sites (tertiary alicyclic amines) is 2. The van der Waals surface area contributed by atoms with Crippen LogP contribution in [0.1, 0.15) is 31.2 Å². The minimum atomic E-state index is 0.858. The van der Waals surface area contributed by atoms with Crippen LogP contribution in [0.3, 0.4) is 0 Å². The summed E-state index contributed by atoms with van der Waals surface area (Å²) in [5.41, 5.74) is 8.07. The summed E-state index contributed by atoms with van der Waals surface area (Å²) in [6, 6.07) is 6.11. The molecule has 3 rings (SSSR count). The highest BCUT2D eigenvalue weighted by Crippen LogP contribution is 2.25. The molecule has 2 heterocycles. The van der Waals surface area contributed by atoms with Gasteiger partial charge >= 0.3 is 0 Å². The first kappa shape index (κ1) is 15.3. The van der Waals surface area contributed by atoms with E-state index in [0.717, 1.165) is 18.2 Å². The van der Waals surface area contributed by atoms with Crippen molar-refractivity contribution in [2.75, 3.05) is 38.5 Å². The number of hydrogen-bond acceptors (Lipinski definition) is 3. The van der Waals surface area contributed by atoms with Gasteiger partial charge in [0.15, 0.2) is 0 Å². The van der Waals surface area contributed by atoms with Crippen LogP contribution in [0.5, 0.6) is 0 Å². The number of hydrogen-bond donors (Lipinski definition) is 1. The maximum Gasteiger partial charge on any atom is 0.0318 e. The first-order chi connectivity index (χ1) is 10.2. The third-order valence-corrected chi connectivity index (χ3v) is 5.66. The van der Waals surface area contributed by atoms with Crippen molar-refractivity contribution >= 4 is 21.6 Å². The van der Waals surface area contributed by atoms with Gasteiger partial charge in [-0.05, 0) is 81.5 Å². The van der Waals surface area contributed by atoms with Crippen molar-refractivity contribution in [2.24, 2.45) is 5.92 Å². The number of halogens is 1. The number of rotatable bonds is 4. The molecular weight excluding hydrogens is 326 g/mol. The minimum Gasteiger partial charge on any atom is -0.399 e. The molecule has 2 aliphatic rings. The molecular formula is C17H26BrN3. The molecule has 0 aromatic heterocycles. The van der Waals surface area contributed by atoms with Gasteiger partial charge in [-0.25, -0.2) is 0 Å². The fourth-order valence-corrected chi connectivity index (χ4v) is 3.99. The number of piperidine rings is 1. The van der Waals surface area contributed by atoms with Gasteiger partial charge < -0.3 is 10.6 Å². The zero-order valence-electron chi connectivity index (χ0n) is 12.7. The van der Waals surface area contributed by atoms with E-state index in [1.165, 1.54) is 68.4 Å². The van der Waals surface area contributed by atoms with Gasteiger partial charge in [-0.3, -0.25) is 4.90 Å². The maximum absolute atomic E-state index is 5.90. The normalized spacial score (nSPS) is 22.0. The molecule has 0 aliphatic carbocycles. The molecule has 21 heavy (non-hydrogen) atoms. The Hall–Kier alpha value is -0.580. The Morgan fingerprint density at radius 1 is 1.05 bits per heavy atom. The zero-order valence-corrected chi connectivity index (χ0v) is 14.3. The Morgan fingerprint density at radius 2 is 1.76 bits per heavy atom. The molecule has 2 saturated heterocycles. The van der Waals surface area contributed by atoms with E-state index in [4.69, 9.17) is 5.73 Å². The second-order valence-electron chi connectivity index (χ2n) is 6.58. The van der Waals surface area contributed by atoms with Crippen molar-refractivity contribution in [3.8, 4) is 0 Å². The Labute approximate surface area is 136 Å². The summed E-state index contributed by atoms with van der Waals surface area (Å²) in [5, 5.41) is 0. The second kappa shape index (κ2) is 7.12. The fourth-order valence-electron chi connectivity index (χ4n) is 3.61. The Kier molecular flexibility index (Phi) is 5.19. The lowest BCUT2D eigenvalue weighted by atomic mass is 9.96. The van der Waals surface area contributed by atoms with Crippen LogP contribution in [0.4, 0.5) is 5.69 Å². The van der Waals surface area contributed by atoms with E-state index in [0.29, 0.717) is 0 Å². The molecule has 0 atom stereocenters. The molecule has 0 spiro atoms. The SMILES string of the molecule is Nc1ccc(Br)c(CN2CCC(CN3CCCC3)CC2)c1. The van der Waals surface area contributed by atoms with E-state index in [-0.39, 0.29) is 0 Å². The lowest BCUT2D eigenvalue weighted by Crippen LogP contribution is -2.37. The monoisotopic (exact) mass is 351 g/mol. The van der Waals surface area contributed by atoms with E-state index in [1.54, 1.807) is 0 Å². The van der Waals surface area contributed by atoms with Crippen LogP contribution in [0, 0.1) is 5.92 Å². The summed E-state index contributed by atoms with van der Waals surface area (Å²) in [4.78, 5) is 5.23. The smallest absolute Gasteiger partial charge is 0.0318 e. The van der Waals surface area contributed by atoms with Crippen LogP contribution in [-0.2, 0) is 6.54 Å². The average Bonchev–Trinajstić information content (AvgIpc) is 2.98. The van der Waals surface area contributed by atoms with Gasteiger partial charge in [0.2, 0.25) is 0 Å². The largest absolute Gasteiger partial charge is 0.399 e. The maximum atomic E-state index is 5.90. The van der Waals surface area contributed by atoms with E-state index < -0.39 is 0 Å². The van der Waals surface area contributed by atoms with Crippen LogP contribution < -0.4 is 5.73 Å². The minimum absolute atomic E-state index is 0.858. The lowest BCUT2D eigenvalue weighted by Gasteiger charge is -2.34. The topological polar surface area (TPSA) is 32.5 Å². The fraction of sp³-hybridized carbons (Fsp3) is 0.647. The van der Waals surface area contributed by atoms with Crippen LogP contribution in [-0.4, -0.2) is 42.5 Å². The summed E-state index contributed by atoms with van der Waals surface area (Å²) in [5.74, 6) is 0.906. The van der Waals surface area contributed by atoms with Gasteiger partial charge in [-0.15, -0.1) is 0 Å². The second-order valence-corrected chi connectivity index (χ2v) is 7.43. The van der Waals surface area contributed by atoms with Crippen molar-refractivity contribution in [1.29, 1.82) is 0 Å². The van der Waals surface area contributed by atoms with Gasteiger partial charge in [0, 0.05) is 23.2 Å². The molecule has 116 valence electrons. The Bertz CT molecular complexity index is 463. The molecule has 4 heteroatoms. The average molecular weight is 352 g/mol. The van der Waals surface area contributed by atoms with Crippen LogP contribution in [0.15, 0.2) is 22.7 Å². The van der Waals surface area contributed by atoms with E-state index in [1.807, 2.05) is 6.07 Å². The molecule has 0 saturated carbocycles. The third-order valence-electron chi connectivity index (χ3n) is 4.89. The Morgan fingerprint density at radius 3 is 2.48 bits per heavy atom. The predicted octanol–water partition coefficient (Wildman–Crippen LogP) is 3.34. The number of benzene rings is 1. The van der Waals surface area contributed by atoms with Crippen molar-refractivity contribution in [2.45, 2.75) is 32.2 Å². The highest BCUT2D eigenvalue weighted by atomic mass is 79.9. The summed E-state index contributed by atoms with van der Waals surface area (Å²) in [6.45, 7) is 7.45. The van der Waals surface area contributed by atoms with Crippen molar-refractivity contribution in [1.82, 2.24) is 9.80 Å². The first-order valence-corrected chi connectivity index (χ1v) is 8.98. The number of nitrogens with zero attached hydrogens (tertiary/aromatic N) is 2. The number of anilines is 1. The quantitative estimate of drug-likeness (QED) is 0.844. The van der Waals surface area contributed by atoms with Crippen molar-refractivity contribution in [3.63, 3.8) is 0 Å². The van der Waals surface area contributed by atoms with Crippen molar-refractivity contribution < 1.29 is 0 Å². The summed E-state index contributed by atoms with van der Waals surface area (Å²) in [7, 11) is 0. The third kappa shape index (κ3) is 4.21. The molecule has 2 fully saturated rings. The van der Waals surface area contributed by atoms with Crippen LogP contribution >= 0.6 is 15.9 Å². The molecule has 2 aliphatic heterocycles. The number of nitrogen functional groups attached to an aromatic ring is 1. The van der Waals surface area contributed by atoms with E-state index in [2.05, 4.69) is 37.9 Å².